The summed E-state index contributed by atoms with van der Waals surface area (Å²) in [6, 6.07) is 10.2. The highest BCUT2D eigenvalue weighted by Gasteiger charge is 1.95. The molecule has 16 heavy (non-hydrogen) atoms. The van der Waals surface area contributed by atoms with Crippen LogP contribution in [-0.2, 0) is 6.42 Å². The van der Waals surface area contributed by atoms with Gasteiger partial charge in [-0.1, -0.05) is 12.1 Å². The minimum atomic E-state index is 0.631. The van der Waals surface area contributed by atoms with Gasteiger partial charge in [0.05, 0.1) is 13.2 Å². The number of rotatable bonds is 7. The number of methoxy groups -OCH3 is 1. The molecular weight excluding hydrogens is 200 g/mol. The molecule has 0 spiro atoms. The standard InChI is InChI=1S/C13H18N2O/c1-16-13-6-4-5-12(11-13)7-10-15-9-3-2-8-14/h4-6,11,15H,2-3,7,9-10H2,1H3. The molecule has 86 valence electrons. The van der Waals surface area contributed by atoms with Crippen LogP contribution in [0.3, 0.4) is 0 Å². The number of hydrogen-bond acceptors (Lipinski definition) is 3. The van der Waals surface area contributed by atoms with Gasteiger partial charge in [-0.2, -0.15) is 5.26 Å². The van der Waals surface area contributed by atoms with Gasteiger partial charge in [-0.05, 0) is 43.6 Å². The lowest BCUT2D eigenvalue weighted by Gasteiger charge is -2.05. The molecule has 1 aromatic rings. The topological polar surface area (TPSA) is 45.0 Å². The van der Waals surface area contributed by atoms with Crippen LogP contribution in [0.4, 0.5) is 0 Å². The van der Waals surface area contributed by atoms with Crippen LogP contribution in [-0.4, -0.2) is 20.2 Å². The van der Waals surface area contributed by atoms with Gasteiger partial charge in [0.1, 0.15) is 5.75 Å². The third-order valence-electron chi connectivity index (χ3n) is 2.37. The van der Waals surface area contributed by atoms with Gasteiger partial charge in [-0.3, -0.25) is 0 Å². The quantitative estimate of drug-likeness (QED) is 0.713. The zero-order valence-electron chi connectivity index (χ0n) is 9.70. The van der Waals surface area contributed by atoms with Crippen LogP contribution in [0.2, 0.25) is 0 Å². The normalized spacial score (nSPS) is 9.75. The Morgan fingerprint density at radius 2 is 2.25 bits per heavy atom. The maximum Gasteiger partial charge on any atom is 0.119 e. The van der Waals surface area contributed by atoms with Gasteiger partial charge in [-0.15, -0.1) is 0 Å². The maximum absolute atomic E-state index is 8.37. The fourth-order valence-electron chi connectivity index (χ4n) is 1.48. The maximum atomic E-state index is 8.37. The van der Waals surface area contributed by atoms with Crippen molar-refractivity contribution in [3.8, 4) is 11.8 Å². The molecule has 1 rings (SSSR count). The second kappa shape index (κ2) is 7.72. The van der Waals surface area contributed by atoms with Gasteiger partial charge in [0, 0.05) is 6.42 Å². The second-order valence-corrected chi connectivity index (χ2v) is 3.61. The Morgan fingerprint density at radius 3 is 3.00 bits per heavy atom. The van der Waals surface area contributed by atoms with Crippen molar-refractivity contribution in [3.05, 3.63) is 29.8 Å². The molecule has 0 saturated heterocycles. The van der Waals surface area contributed by atoms with Crippen molar-refractivity contribution in [2.75, 3.05) is 20.2 Å². The number of unbranched alkanes of at least 4 members (excludes halogenated alkanes) is 1. The minimum absolute atomic E-state index is 0.631. The van der Waals surface area contributed by atoms with E-state index in [2.05, 4.69) is 23.5 Å². The van der Waals surface area contributed by atoms with Crippen molar-refractivity contribution in [3.63, 3.8) is 0 Å². The Morgan fingerprint density at radius 1 is 1.38 bits per heavy atom. The summed E-state index contributed by atoms with van der Waals surface area (Å²) in [6.45, 7) is 1.86. The number of nitrogens with zero attached hydrogens (tertiary/aromatic N) is 1. The molecule has 0 amide bonds. The van der Waals surface area contributed by atoms with Crippen LogP contribution in [0, 0.1) is 11.3 Å². The summed E-state index contributed by atoms with van der Waals surface area (Å²) in [4.78, 5) is 0. The average molecular weight is 218 g/mol. The van der Waals surface area contributed by atoms with Crippen molar-refractivity contribution in [1.82, 2.24) is 5.32 Å². The van der Waals surface area contributed by atoms with Crippen molar-refractivity contribution in [2.24, 2.45) is 0 Å². The van der Waals surface area contributed by atoms with E-state index in [1.165, 1.54) is 5.56 Å². The molecule has 0 aliphatic rings. The molecule has 3 heteroatoms. The lowest BCUT2D eigenvalue weighted by atomic mass is 10.1. The molecule has 0 fully saturated rings. The number of ether oxygens (including phenoxy) is 1. The van der Waals surface area contributed by atoms with E-state index < -0.39 is 0 Å². The average Bonchev–Trinajstić information content (AvgIpc) is 2.34. The van der Waals surface area contributed by atoms with Crippen LogP contribution in [0.1, 0.15) is 18.4 Å². The summed E-state index contributed by atoms with van der Waals surface area (Å²) in [6.07, 6.45) is 2.55. The lowest BCUT2D eigenvalue weighted by Crippen LogP contribution is -2.18. The first kappa shape index (κ1) is 12.5. The molecule has 0 aliphatic heterocycles. The Labute approximate surface area is 97.0 Å². The monoisotopic (exact) mass is 218 g/mol. The van der Waals surface area contributed by atoms with Crippen molar-refractivity contribution in [1.29, 1.82) is 5.26 Å². The SMILES string of the molecule is COc1cccc(CCNCCCC#N)c1. The van der Waals surface area contributed by atoms with E-state index in [9.17, 15) is 0 Å². The Bertz CT molecular complexity index is 344. The lowest BCUT2D eigenvalue weighted by molar-refractivity contribution is 0.414. The van der Waals surface area contributed by atoms with E-state index in [0.29, 0.717) is 6.42 Å². The predicted molar refractivity (Wildman–Crippen MR) is 64.4 cm³/mol. The zero-order valence-corrected chi connectivity index (χ0v) is 9.70. The van der Waals surface area contributed by atoms with Crippen LogP contribution >= 0.6 is 0 Å². The predicted octanol–water partition coefficient (Wildman–Crippen LogP) is 2.13. The van der Waals surface area contributed by atoms with Crippen molar-refractivity contribution in [2.45, 2.75) is 19.3 Å². The summed E-state index contributed by atoms with van der Waals surface area (Å²) < 4.78 is 5.16. The van der Waals surface area contributed by atoms with Crippen molar-refractivity contribution >= 4 is 0 Å². The zero-order chi connectivity index (χ0) is 11.6. The summed E-state index contributed by atoms with van der Waals surface area (Å²) >= 11 is 0. The molecular formula is C13H18N2O. The highest BCUT2D eigenvalue weighted by molar-refractivity contribution is 5.28. The van der Waals surface area contributed by atoms with E-state index in [-0.39, 0.29) is 0 Å². The fourth-order valence-corrected chi connectivity index (χ4v) is 1.48. The van der Waals surface area contributed by atoms with Crippen LogP contribution < -0.4 is 10.1 Å². The third-order valence-corrected chi connectivity index (χ3v) is 2.37. The molecule has 0 radical (unpaired) electrons. The van der Waals surface area contributed by atoms with Gasteiger partial charge in [0.15, 0.2) is 0 Å². The van der Waals surface area contributed by atoms with Crippen LogP contribution in [0.25, 0.3) is 0 Å². The molecule has 0 bridgehead atoms. The summed E-state index contributed by atoms with van der Waals surface area (Å²) in [7, 11) is 1.68. The van der Waals surface area contributed by atoms with Gasteiger partial charge in [0.2, 0.25) is 0 Å². The molecule has 0 atom stereocenters. The number of nitrogens with one attached hydrogen (secondary N) is 1. The Hall–Kier alpha value is -1.53. The Balaban J connectivity index is 2.19. The van der Waals surface area contributed by atoms with E-state index in [0.717, 1.165) is 31.7 Å². The molecule has 0 aliphatic carbocycles. The molecule has 1 N–H and O–H groups in total. The van der Waals surface area contributed by atoms with E-state index in [4.69, 9.17) is 10.00 Å². The van der Waals surface area contributed by atoms with E-state index >= 15 is 0 Å². The first-order chi connectivity index (χ1) is 7.86. The van der Waals surface area contributed by atoms with Gasteiger partial charge < -0.3 is 10.1 Å². The Kier molecular flexibility index (Phi) is 6.05. The highest BCUT2D eigenvalue weighted by Crippen LogP contribution is 2.12. The molecule has 0 heterocycles. The smallest absolute Gasteiger partial charge is 0.119 e. The number of hydrogen-bond donors (Lipinski definition) is 1. The van der Waals surface area contributed by atoms with Gasteiger partial charge in [0.25, 0.3) is 0 Å². The molecule has 0 saturated carbocycles. The van der Waals surface area contributed by atoms with Gasteiger partial charge in [-0.25, -0.2) is 0 Å². The fraction of sp³-hybridized carbons (Fsp3) is 0.462. The van der Waals surface area contributed by atoms with E-state index in [1.807, 2.05) is 12.1 Å². The van der Waals surface area contributed by atoms with Crippen LogP contribution in [0.15, 0.2) is 24.3 Å². The van der Waals surface area contributed by atoms with Crippen LogP contribution in [0.5, 0.6) is 5.75 Å². The molecule has 3 nitrogen and oxygen atoms in total. The number of benzene rings is 1. The first-order valence-corrected chi connectivity index (χ1v) is 5.57. The largest absolute Gasteiger partial charge is 0.497 e. The van der Waals surface area contributed by atoms with Crippen molar-refractivity contribution < 1.29 is 4.74 Å². The number of nitriles is 1. The minimum Gasteiger partial charge on any atom is -0.497 e. The molecule has 1 aromatic carbocycles. The highest BCUT2D eigenvalue weighted by atomic mass is 16.5. The first-order valence-electron chi connectivity index (χ1n) is 5.57. The summed E-state index contributed by atoms with van der Waals surface area (Å²) in [5.41, 5.74) is 1.27. The summed E-state index contributed by atoms with van der Waals surface area (Å²) in [5.74, 6) is 0.905. The second-order valence-electron chi connectivity index (χ2n) is 3.61. The summed E-state index contributed by atoms with van der Waals surface area (Å²) in [5, 5.41) is 11.7. The third kappa shape index (κ3) is 4.81. The van der Waals surface area contributed by atoms with Gasteiger partial charge >= 0.3 is 0 Å². The molecule has 0 aromatic heterocycles. The molecule has 0 unspecified atom stereocenters. The van der Waals surface area contributed by atoms with E-state index in [1.54, 1.807) is 7.11 Å².